The van der Waals surface area contributed by atoms with Crippen LogP contribution in [0.3, 0.4) is 0 Å². The first kappa shape index (κ1) is 15.9. The number of carbonyl (C=O) groups is 1. The van der Waals surface area contributed by atoms with Crippen molar-refractivity contribution in [2.45, 2.75) is 37.9 Å². The Balaban J connectivity index is 1.41. The maximum atomic E-state index is 13.1. The highest BCUT2D eigenvalue weighted by Gasteiger charge is 2.48. The van der Waals surface area contributed by atoms with Gasteiger partial charge in [0.1, 0.15) is 0 Å². The fourth-order valence-electron chi connectivity index (χ4n) is 4.90. The van der Waals surface area contributed by atoms with Gasteiger partial charge in [0.2, 0.25) is 5.96 Å². The summed E-state index contributed by atoms with van der Waals surface area (Å²) in [5.74, 6) is 1.52. The van der Waals surface area contributed by atoms with Crippen molar-refractivity contribution in [3.63, 3.8) is 0 Å². The lowest BCUT2D eigenvalue weighted by Crippen LogP contribution is -2.51. The highest BCUT2D eigenvalue weighted by Crippen LogP contribution is 2.39. The number of hydrogen-bond donors (Lipinski definition) is 0. The van der Waals surface area contributed by atoms with Crippen LogP contribution in [0.25, 0.3) is 10.8 Å². The Bertz CT molecular complexity index is 1150. The molecule has 0 radical (unpaired) electrons. The summed E-state index contributed by atoms with van der Waals surface area (Å²) in [6.45, 7) is 0.626. The van der Waals surface area contributed by atoms with Crippen molar-refractivity contribution < 1.29 is 4.79 Å². The van der Waals surface area contributed by atoms with Crippen LogP contribution in [-0.4, -0.2) is 45.4 Å². The van der Waals surface area contributed by atoms with Crippen LogP contribution >= 0.6 is 0 Å². The van der Waals surface area contributed by atoms with Gasteiger partial charge in [-0.1, -0.05) is 36.4 Å². The van der Waals surface area contributed by atoms with E-state index in [9.17, 15) is 4.79 Å². The number of aliphatic imine (C=N–C) groups is 1. The number of rotatable bonds is 2. The van der Waals surface area contributed by atoms with Gasteiger partial charge in [-0.3, -0.25) is 14.6 Å². The van der Waals surface area contributed by atoms with Gasteiger partial charge in [0.15, 0.2) is 11.5 Å². The van der Waals surface area contributed by atoms with Crippen molar-refractivity contribution in [3.05, 3.63) is 60.0 Å². The Morgan fingerprint density at radius 1 is 1.11 bits per heavy atom. The SMILES string of the molecule is CN1C(=O)c2c(ncn2Cc2ccc3ccccc3c2)N2C1=NC1CCCC12. The molecular formula is C22H21N5O. The number of carbonyl (C=O) groups excluding carboxylic acids is 1. The minimum Gasteiger partial charge on any atom is -0.320 e. The molecule has 0 bridgehead atoms. The van der Waals surface area contributed by atoms with E-state index in [4.69, 9.17) is 4.99 Å². The van der Waals surface area contributed by atoms with Crippen molar-refractivity contribution in [3.8, 4) is 0 Å². The fraction of sp³-hybridized carbons (Fsp3) is 0.318. The molecule has 6 heteroatoms. The number of hydrogen-bond acceptors (Lipinski definition) is 4. The lowest BCUT2D eigenvalue weighted by atomic mass is 10.1. The predicted molar refractivity (Wildman–Crippen MR) is 109 cm³/mol. The first-order chi connectivity index (χ1) is 13.7. The van der Waals surface area contributed by atoms with Crippen LogP contribution in [0.1, 0.15) is 35.3 Å². The van der Waals surface area contributed by atoms with Gasteiger partial charge in [-0.15, -0.1) is 0 Å². The van der Waals surface area contributed by atoms with E-state index in [1.807, 2.05) is 17.7 Å². The van der Waals surface area contributed by atoms with Crippen LogP contribution in [-0.2, 0) is 6.54 Å². The normalized spacial score (nSPS) is 23.0. The molecule has 1 aliphatic carbocycles. The maximum Gasteiger partial charge on any atom is 0.280 e. The first-order valence-corrected chi connectivity index (χ1v) is 9.88. The number of imidazole rings is 1. The molecule has 2 atom stereocenters. The molecule has 1 amide bonds. The van der Waals surface area contributed by atoms with Gasteiger partial charge in [0.05, 0.1) is 18.4 Å². The zero-order valence-electron chi connectivity index (χ0n) is 15.7. The lowest BCUT2D eigenvalue weighted by molar-refractivity contribution is 0.0855. The van der Waals surface area contributed by atoms with Gasteiger partial charge < -0.3 is 4.57 Å². The smallest absolute Gasteiger partial charge is 0.280 e. The number of fused-ring (bicyclic) bond motifs is 6. The molecular weight excluding hydrogens is 350 g/mol. The number of aromatic nitrogens is 2. The number of benzene rings is 2. The van der Waals surface area contributed by atoms with Crippen molar-refractivity contribution in [1.82, 2.24) is 14.5 Å². The van der Waals surface area contributed by atoms with Gasteiger partial charge >= 0.3 is 0 Å². The molecule has 3 heterocycles. The molecule has 3 aromatic rings. The largest absolute Gasteiger partial charge is 0.320 e. The van der Waals surface area contributed by atoms with E-state index in [1.165, 1.54) is 17.2 Å². The summed E-state index contributed by atoms with van der Waals surface area (Å²) in [7, 11) is 1.82. The van der Waals surface area contributed by atoms with Crippen LogP contribution in [0.2, 0.25) is 0 Å². The van der Waals surface area contributed by atoms with E-state index >= 15 is 0 Å². The average Bonchev–Trinajstić information content (AvgIpc) is 3.40. The molecule has 6 rings (SSSR count). The summed E-state index contributed by atoms with van der Waals surface area (Å²) in [5, 5.41) is 2.43. The fourth-order valence-corrected chi connectivity index (χ4v) is 4.90. The summed E-state index contributed by atoms with van der Waals surface area (Å²) in [5.41, 5.74) is 1.83. The van der Waals surface area contributed by atoms with Crippen molar-refractivity contribution in [1.29, 1.82) is 0 Å². The molecule has 140 valence electrons. The number of guanidine groups is 1. The van der Waals surface area contributed by atoms with E-state index < -0.39 is 0 Å². The standard InChI is InChI=1S/C22H21N5O/c1-25-21(28)19-20(27-18-8-4-7-17(18)24-22(25)27)23-13-26(19)12-14-9-10-15-5-2-3-6-16(15)11-14/h2-3,5-6,9-11,13,17-18H,4,7-8,12H2,1H3. The topological polar surface area (TPSA) is 53.7 Å². The minimum absolute atomic E-state index is 0.0248. The molecule has 0 saturated heterocycles. The average molecular weight is 371 g/mol. The van der Waals surface area contributed by atoms with Crippen LogP contribution in [0.15, 0.2) is 53.8 Å². The predicted octanol–water partition coefficient (Wildman–Crippen LogP) is 3.27. The molecule has 1 aromatic heterocycles. The second-order valence-electron chi connectivity index (χ2n) is 7.96. The molecule has 28 heavy (non-hydrogen) atoms. The van der Waals surface area contributed by atoms with Gasteiger partial charge in [0, 0.05) is 13.6 Å². The van der Waals surface area contributed by atoms with Crippen molar-refractivity contribution in [2.75, 3.05) is 11.9 Å². The Morgan fingerprint density at radius 2 is 1.96 bits per heavy atom. The summed E-state index contributed by atoms with van der Waals surface area (Å²) in [6.07, 6.45) is 5.20. The molecule has 2 unspecified atom stereocenters. The molecule has 3 aliphatic rings. The van der Waals surface area contributed by atoms with Crippen molar-refractivity contribution >= 4 is 28.5 Å². The van der Waals surface area contributed by atoms with E-state index in [-0.39, 0.29) is 5.91 Å². The minimum atomic E-state index is -0.0248. The zero-order chi connectivity index (χ0) is 18.8. The van der Waals surface area contributed by atoms with E-state index in [0.717, 1.165) is 30.2 Å². The second kappa shape index (κ2) is 5.67. The third-order valence-electron chi connectivity index (χ3n) is 6.29. The first-order valence-electron chi connectivity index (χ1n) is 9.88. The number of anilines is 1. The number of amides is 1. The Labute approximate surface area is 163 Å². The summed E-state index contributed by atoms with van der Waals surface area (Å²) < 4.78 is 1.98. The van der Waals surface area contributed by atoms with Crippen LogP contribution in [0.5, 0.6) is 0 Å². The second-order valence-corrected chi connectivity index (χ2v) is 7.96. The maximum absolute atomic E-state index is 13.1. The molecule has 1 saturated carbocycles. The molecule has 6 nitrogen and oxygen atoms in total. The summed E-state index contributed by atoms with van der Waals surface area (Å²) >= 11 is 0. The molecule has 2 aliphatic heterocycles. The third kappa shape index (κ3) is 2.11. The van der Waals surface area contributed by atoms with E-state index in [2.05, 4.69) is 46.3 Å². The highest BCUT2D eigenvalue weighted by atomic mass is 16.2. The van der Waals surface area contributed by atoms with Crippen LogP contribution in [0, 0.1) is 0 Å². The molecule has 0 spiro atoms. The zero-order valence-corrected chi connectivity index (χ0v) is 15.7. The summed E-state index contributed by atoms with van der Waals surface area (Å²) in [6, 6.07) is 15.4. The van der Waals surface area contributed by atoms with Crippen LogP contribution in [0.4, 0.5) is 5.82 Å². The number of nitrogens with zero attached hydrogens (tertiary/aromatic N) is 5. The van der Waals surface area contributed by atoms with Gasteiger partial charge in [-0.05, 0) is 41.7 Å². The quantitative estimate of drug-likeness (QED) is 0.695. The molecule has 0 N–H and O–H groups in total. The van der Waals surface area contributed by atoms with Gasteiger partial charge in [-0.2, -0.15) is 0 Å². The Morgan fingerprint density at radius 3 is 2.86 bits per heavy atom. The third-order valence-corrected chi connectivity index (χ3v) is 6.29. The van der Waals surface area contributed by atoms with Gasteiger partial charge in [0.25, 0.3) is 5.91 Å². The van der Waals surface area contributed by atoms with Gasteiger partial charge in [-0.25, -0.2) is 9.98 Å². The molecule has 2 aromatic carbocycles. The van der Waals surface area contributed by atoms with E-state index in [0.29, 0.717) is 24.3 Å². The van der Waals surface area contributed by atoms with Crippen molar-refractivity contribution in [2.24, 2.45) is 4.99 Å². The molecule has 1 fully saturated rings. The van der Waals surface area contributed by atoms with E-state index in [1.54, 1.807) is 11.2 Å². The summed E-state index contributed by atoms with van der Waals surface area (Å²) in [4.78, 5) is 26.5. The highest BCUT2D eigenvalue weighted by molar-refractivity contribution is 6.18. The monoisotopic (exact) mass is 371 g/mol. The Hall–Kier alpha value is -3.15. The van der Waals surface area contributed by atoms with Crippen LogP contribution < -0.4 is 4.90 Å². The Kier molecular flexibility index (Phi) is 3.21. The lowest BCUT2D eigenvalue weighted by Gasteiger charge is -2.34.